The Morgan fingerprint density at radius 2 is 2.32 bits per heavy atom. The lowest BCUT2D eigenvalue weighted by atomic mass is 10.1. The average molecular weight is 347 g/mol. The summed E-state index contributed by atoms with van der Waals surface area (Å²) < 4.78 is 19.0. The zero-order chi connectivity index (χ0) is 14.0. The number of ether oxygens (including phenoxy) is 1. The molecule has 7 heteroatoms. The van der Waals surface area contributed by atoms with Crippen molar-refractivity contribution in [3.63, 3.8) is 0 Å². The van der Waals surface area contributed by atoms with E-state index in [9.17, 15) is 9.18 Å². The van der Waals surface area contributed by atoms with E-state index in [-0.39, 0.29) is 27.5 Å². The summed E-state index contributed by atoms with van der Waals surface area (Å²) >= 11 is 7.95. The summed E-state index contributed by atoms with van der Waals surface area (Å²) in [6.07, 6.45) is -0.444. The Morgan fingerprint density at radius 3 is 3.00 bits per heavy atom. The van der Waals surface area contributed by atoms with Crippen molar-refractivity contribution in [1.29, 1.82) is 0 Å². The van der Waals surface area contributed by atoms with Gasteiger partial charge < -0.3 is 15.4 Å². The molecule has 1 aromatic rings. The number of rotatable bonds is 2. The van der Waals surface area contributed by atoms with Gasteiger partial charge in [-0.05, 0) is 28.1 Å². The molecule has 102 valence electrons. The Morgan fingerprint density at radius 1 is 1.58 bits per heavy atom. The Bertz CT molecular complexity index is 526. The van der Waals surface area contributed by atoms with Crippen LogP contribution in [0.4, 0.5) is 4.39 Å². The first-order chi connectivity index (χ1) is 9.00. The van der Waals surface area contributed by atoms with Crippen LogP contribution >= 0.6 is 28.1 Å². The molecule has 1 unspecified atom stereocenters. The Hall–Kier alpha value is -1.05. The fourth-order valence-corrected chi connectivity index (χ4v) is 2.42. The minimum absolute atomic E-state index is 0.165. The molecule has 0 aromatic heterocycles. The largest absolute Gasteiger partial charge is 0.391 e. The molecule has 0 saturated carbocycles. The number of hydrogen-bond acceptors (Lipinski definition) is 3. The van der Waals surface area contributed by atoms with Crippen molar-refractivity contribution in [3.05, 3.63) is 34.1 Å². The van der Waals surface area contributed by atoms with Crippen LogP contribution in [0.25, 0.3) is 0 Å². The maximum Gasteiger partial charge on any atom is 0.255 e. The van der Waals surface area contributed by atoms with E-state index in [2.05, 4.69) is 15.9 Å². The summed E-state index contributed by atoms with van der Waals surface area (Å²) in [4.78, 5) is 14.1. The molecule has 0 spiro atoms. The predicted molar refractivity (Wildman–Crippen MR) is 76.5 cm³/mol. The van der Waals surface area contributed by atoms with Crippen molar-refractivity contribution >= 4 is 39.0 Å². The number of thiocarbonyl (C=S) groups is 1. The minimum atomic E-state index is -0.468. The average Bonchev–Trinajstić information content (AvgIpc) is 2.41. The van der Waals surface area contributed by atoms with Crippen LogP contribution in [-0.4, -0.2) is 41.6 Å². The van der Waals surface area contributed by atoms with E-state index in [1.807, 2.05) is 0 Å². The van der Waals surface area contributed by atoms with E-state index in [1.54, 1.807) is 11.0 Å². The summed E-state index contributed by atoms with van der Waals surface area (Å²) in [6, 6.07) is 4.36. The van der Waals surface area contributed by atoms with E-state index >= 15 is 0 Å². The maximum atomic E-state index is 13.4. The van der Waals surface area contributed by atoms with Crippen molar-refractivity contribution in [1.82, 2.24) is 4.90 Å². The van der Waals surface area contributed by atoms with Crippen LogP contribution in [0, 0.1) is 5.82 Å². The first kappa shape index (κ1) is 14.4. The second-order valence-corrected chi connectivity index (χ2v) is 5.38. The third-order valence-electron chi connectivity index (χ3n) is 2.85. The fourth-order valence-electron chi connectivity index (χ4n) is 1.85. The molecule has 1 aromatic carbocycles. The molecule has 2 rings (SSSR count). The lowest BCUT2D eigenvalue weighted by molar-refractivity contribution is 0.00872. The van der Waals surface area contributed by atoms with Crippen LogP contribution < -0.4 is 5.73 Å². The predicted octanol–water partition coefficient (Wildman–Crippen LogP) is 1.72. The maximum absolute atomic E-state index is 13.4. The first-order valence-corrected chi connectivity index (χ1v) is 6.85. The van der Waals surface area contributed by atoms with Gasteiger partial charge in [0, 0.05) is 6.54 Å². The van der Waals surface area contributed by atoms with Crippen LogP contribution in [0.1, 0.15) is 10.4 Å². The zero-order valence-corrected chi connectivity index (χ0v) is 12.3. The molecule has 1 aliphatic rings. The van der Waals surface area contributed by atoms with E-state index in [4.69, 9.17) is 22.7 Å². The molecule has 19 heavy (non-hydrogen) atoms. The summed E-state index contributed by atoms with van der Waals surface area (Å²) in [5, 5.41) is 0. The summed E-state index contributed by atoms with van der Waals surface area (Å²) in [5.74, 6) is -0.735. The van der Waals surface area contributed by atoms with Crippen molar-refractivity contribution in [2.75, 3.05) is 19.7 Å². The number of hydrogen-bond donors (Lipinski definition) is 1. The summed E-state index contributed by atoms with van der Waals surface area (Å²) in [5.41, 5.74) is 5.80. The third kappa shape index (κ3) is 3.10. The van der Waals surface area contributed by atoms with Gasteiger partial charge in [-0.2, -0.15) is 0 Å². The van der Waals surface area contributed by atoms with Crippen molar-refractivity contribution in [2.45, 2.75) is 6.10 Å². The van der Waals surface area contributed by atoms with Gasteiger partial charge in [0.15, 0.2) is 0 Å². The summed E-state index contributed by atoms with van der Waals surface area (Å²) in [7, 11) is 0. The van der Waals surface area contributed by atoms with Crippen molar-refractivity contribution < 1.29 is 13.9 Å². The van der Waals surface area contributed by atoms with E-state index in [0.29, 0.717) is 13.2 Å². The molecule has 0 radical (unpaired) electrons. The Labute approximate surface area is 123 Å². The van der Waals surface area contributed by atoms with Gasteiger partial charge in [0.1, 0.15) is 16.9 Å². The number of nitrogens with zero attached hydrogens (tertiary/aromatic N) is 1. The molecule has 0 bridgehead atoms. The number of amides is 1. The molecule has 2 N–H and O–H groups in total. The van der Waals surface area contributed by atoms with Gasteiger partial charge in [0.25, 0.3) is 5.91 Å². The zero-order valence-electron chi connectivity index (χ0n) is 9.94. The highest BCUT2D eigenvalue weighted by Crippen LogP contribution is 2.22. The van der Waals surface area contributed by atoms with Gasteiger partial charge in [-0.25, -0.2) is 4.39 Å². The molecule has 0 aliphatic carbocycles. The topological polar surface area (TPSA) is 55.6 Å². The Balaban J connectivity index is 2.19. The molecule has 4 nitrogen and oxygen atoms in total. The van der Waals surface area contributed by atoms with Crippen LogP contribution in [0.2, 0.25) is 0 Å². The molecular formula is C12H12BrFN2O2S. The second-order valence-electron chi connectivity index (χ2n) is 4.11. The summed E-state index contributed by atoms with van der Waals surface area (Å²) in [6.45, 7) is 1.08. The number of carbonyl (C=O) groups is 1. The number of morpholine rings is 1. The lowest BCUT2D eigenvalue weighted by Gasteiger charge is -2.32. The van der Waals surface area contributed by atoms with Gasteiger partial charge in [-0.15, -0.1) is 0 Å². The SMILES string of the molecule is NC(=S)C1CN(C(=O)c2cccc(F)c2Br)CCO1. The third-order valence-corrected chi connectivity index (χ3v) is 3.92. The highest BCUT2D eigenvalue weighted by Gasteiger charge is 2.27. The second kappa shape index (κ2) is 5.94. The molecule has 1 heterocycles. The molecule has 1 atom stereocenters. The fraction of sp³-hybridized carbons (Fsp3) is 0.333. The number of halogens is 2. The van der Waals surface area contributed by atoms with Gasteiger partial charge in [-0.3, -0.25) is 4.79 Å². The van der Waals surface area contributed by atoms with E-state index in [1.165, 1.54) is 12.1 Å². The van der Waals surface area contributed by atoms with Crippen LogP contribution in [0.5, 0.6) is 0 Å². The smallest absolute Gasteiger partial charge is 0.255 e. The van der Waals surface area contributed by atoms with Gasteiger partial charge in [0.05, 0.1) is 23.2 Å². The monoisotopic (exact) mass is 346 g/mol. The number of carbonyl (C=O) groups excluding carboxylic acids is 1. The normalized spacial score (nSPS) is 19.3. The van der Waals surface area contributed by atoms with Gasteiger partial charge in [0.2, 0.25) is 0 Å². The van der Waals surface area contributed by atoms with Crippen LogP contribution in [0.15, 0.2) is 22.7 Å². The minimum Gasteiger partial charge on any atom is -0.391 e. The molecular weight excluding hydrogens is 335 g/mol. The number of nitrogens with two attached hydrogens (primary N) is 1. The highest BCUT2D eigenvalue weighted by molar-refractivity contribution is 9.10. The van der Waals surface area contributed by atoms with Crippen LogP contribution in [-0.2, 0) is 4.74 Å². The molecule has 1 saturated heterocycles. The molecule has 1 amide bonds. The van der Waals surface area contributed by atoms with Crippen molar-refractivity contribution in [2.24, 2.45) is 5.73 Å². The van der Waals surface area contributed by atoms with Gasteiger partial charge >= 0.3 is 0 Å². The standard InChI is InChI=1S/C12H12BrFN2O2S/c13-10-7(2-1-3-8(10)14)12(17)16-4-5-18-9(6-16)11(15)19/h1-3,9H,4-6H2,(H2,15,19). The Kier molecular flexibility index (Phi) is 4.49. The number of benzene rings is 1. The van der Waals surface area contributed by atoms with E-state index in [0.717, 1.165) is 0 Å². The highest BCUT2D eigenvalue weighted by atomic mass is 79.9. The molecule has 1 aliphatic heterocycles. The molecule has 1 fully saturated rings. The van der Waals surface area contributed by atoms with E-state index < -0.39 is 11.9 Å². The quantitative estimate of drug-likeness (QED) is 0.828. The van der Waals surface area contributed by atoms with Crippen LogP contribution in [0.3, 0.4) is 0 Å². The van der Waals surface area contributed by atoms with Gasteiger partial charge in [-0.1, -0.05) is 18.3 Å². The lowest BCUT2D eigenvalue weighted by Crippen LogP contribution is -2.50. The van der Waals surface area contributed by atoms with Crippen molar-refractivity contribution in [3.8, 4) is 0 Å². The first-order valence-electron chi connectivity index (χ1n) is 5.65.